The van der Waals surface area contributed by atoms with E-state index < -0.39 is 0 Å². The summed E-state index contributed by atoms with van der Waals surface area (Å²) in [6.45, 7) is 8.42. The Hall–Kier alpha value is -4.72. The summed E-state index contributed by atoms with van der Waals surface area (Å²) in [6, 6.07) is 19.2. The minimum absolute atomic E-state index is 0.0321. The highest BCUT2D eigenvalue weighted by atomic mass is 16.3. The molecule has 0 saturated carbocycles. The second-order valence-corrected chi connectivity index (χ2v) is 12.3. The summed E-state index contributed by atoms with van der Waals surface area (Å²) in [5.74, 6) is -2.28. The molecule has 0 aliphatic heterocycles. The van der Waals surface area contributed by atoms with E-state index in [1.807, 2.05) is 0 Å². The zero-order chi connectivity index (χ0) is 32.3. The van der Waals surface area contributed by atoms with Gasteiger partial charge in [0.1, 0.15) is 0 Å². The normalized spacial score (nSPS) is 15.6. The average molecular weight is 603 g/mol. The first-order valence-electron chi connectivity index (χ1n) is 14.8. The molecule has 0 radical (unpaired) electrons. The fourth-order valence-electron chi connectivity index (χ4n) is 6.39. The maximum atomic E-state index is 10.6. The van der Waals surface area contributed by atoms with E-state index in [2.05, 4.69) is 27.7 Å². The minimum Gasteiger partial charge on any atom is -0.504 e. The van der Waals surface area contributed by atoms with Crippen LogP contribution < -0.4 is 0 Å². The number of phenolic OH excluding ortho intramolecular Hbond substituents is 8. The molecule has 8 nitrogen and oxygen atoms in total. The van der Waals surface area contributed by atoms with Crippen molar-refractivity contribution >= 4 is 0 Å². The zero-order valence-electron chi connectivity index (χ0n) is 25.4. The lowest BCUT2D eigenvalue weighted by Crippen LogP contribution is -2.31. The number of phenols is 8. The van der Waals surface area contributed by atoms with Gasteiger partial charge in [0.25, 0.3) is 0 Å². The van der Waals surface area contributed by atoms with Gasteiger partial charge >= 0.3 is 0 Å². The molecule has 6 unspecified atom stereocenters. The van der Waals surface area contributed by atoms with Crippen LogP contribution in [0.3, 0.4) is 0 Å². The summed E-state index contributed by atoms with van der Waals surface area (Å²) in [5.41, 5.74) is 3.26. The maximum Gasteiger partial charge on any atom is 0.157 e. The van der Waals surface area contributed by atoms with Crippen LogP contribution in [0.2, 0.25) is 0 Å². The molecule has 0 spiro atoms. The SMILES string of the molecule is CC(Cc1ccc(O)c(O)c1)C(C)C(c1ccc(O)c(O)c1)C(c1ccc(O)c(O)c1)C(C)C(C)Cc1ccc(O)c(O)c1. The third kappa shape index (κ3) is 7.08. The Balaban J connectivity index is 1.81. The molecule has 0 amide bonds. The van der Waals surface area contributed by atoms with Gasteiger partial charge in [0.05, 0.1) is 0 Å². The van der Waals surface area contributed by atoms with Crippen molar-refractivity contribution in [1.82, 2.24) is 0 Å². The van der Waals surface area contributed by atoms with Crippen molar-refractivity contribution in [1.29, 1.82) is 0 Å². The van der Waals surface area contributed by atoms with E-state index in [4.69, 9.17) is 0 Å². The predicted molar refractivity (Wildman–Crippen MR) is 169 cm³/mol. The highest BCUT2D eigenvalue weighted by Crippen LogP contribution is 2.50. The third-order valence-corrected chi connectivity index (χ3v) is 9.28. The third-order valence-electron chi connectivity index (χ3n) is 9.28. The number of aromatic hydroxyl groups is 8. The lowest BCUT2D eigenvalue weighted by atomic mass is 9.63. The lowest BCUT2D eigenvalue weighted by molar-refractivity contribution is 0.216. The van der Waals surface area contributed by atoms with Gasteiger partial charge in [-0.3, -0.25) is 0 Å². The van der Waals surface area contributed by atoms with Crippen LogP contribution in [0.25, 0.3) is 0 Å². The van der Waals surface area contributed by atoms with E-state index in [1.54, 1.807) is 48.5 Å². The van der Waals surface area contributed by atoms with Gasteiger partial charge in [-0.25, -0.2) is 0 Å². The maximum absolute atomic E-state index is 10.6. The van der Waals surface area contributed by atoms with E-state index in [9.17, 15) is 40.9 Å². The summed E-state index contributed by atoms with van der Waals surface area (Å²) in [5, 5.41) is 81.2. The Morgan fingerprint density at radius 3 is 0.977 bits per heavy atom. The molecule has 0 saturated heterocycles. The van der Waals surface area contributed by atoms with Crippen LogP contribution in [0.1, 0.15) is 61.8 Å². The van der Waals surface area contributed by atoms with E-state index in [0.29, 0.717) is 12.8 Å². The molecule has 0 aliphatic rings. The van der Waals surface area contributed by atoms with E-state index in [1.165, 1.54) is 24.3 Å². The Labute approximate surface area is 257 Å². The standard InChI is InChI=1S/C36H42O8/c1-19(13-23-5-9-27(37)31(41)15-23)21(3)35(25-7-11-29(39)33(43)17-25)36(26-8-12-30(40)34(44)18-26)22(4)20(2)14-24-6-10-28(38)32(42)16-24/h5-12,15-22,35-44H,13-14H2,1-4H3. The van der Waals surface area contributed by atoms with Crippen LogP contribution in [-0.2, 0) is 12.8 Å². The van der Waals surface area contributed by atoms with Crippen molar-refractivity contribution in [2.24, 2.45) is 23.7 Å². The molecule has 0 fully saturated rings. The smallest absolute Gasteiger partial charge is 0.157 e. The van der Waals surface area contributed by atoms with E-state index in [-0.39, 0.29) is 81.5 Å². The van der Waals surface area contributed by atoms with Gasteiger partial charge in [0.15, 0.2) is 46.0 Å². The Morgan fingerprint density at radius 1 is 0.386 bits per heavy atom. The summed E-state index contributed by atoms with van der Waals surface area (Å²) >= 11 is 0. The monoisotopic (exact) mass is 602 g/mol. The topological polar surface area (TPSA) is 162 Å². The molecule has 4 aromatic rings. The molecule has 8 heteroatoms. The number of benzene rings is 4. The number of rotatable bonds is 11. The highest BCUT2D eigenvalue weighted by molar-refractivity contribution is 5.47. The van der Waals surface area contributed by atoms with Gasteiger partial charge in [-0.15, -0.1) is 0 Å². The molecule has 4 rings (SSSR count). The van der Waals surface area contributed by atoms with Crippen LogP contribution in [-0.4, -0.2) is 40.9 Å². The second-order valence-electron chi connectivity index (χ2n) is 12.3. The van der Waals surface area contributed by atoms with Crippen LogP contribution in [0, 0.1) is 23.7 Å². The molecular formula is C36H42O8. The molecule has 44 heavy (non-hydrogen) atoms. The van der Waals surface area contributed by atoms with Gasteiger partial charge < -0.3 is 40.9 Å². The van der Waals surface area contributed by atoms with Crippen molar-refractivity contribution in [2.75, 3.05) is 0 Å². The van der Waals surface area contributed by atoms with E-state index in [0.717, 1.165) is 22.3 Å². The van der Waals surface area contributed by atoms with Gasteiger partial charge in [-0.05, 0) is 119 Å². The molecule has 6 atom stereocenters. The Morgan fingerprint density at radius 2 is 0.682 bits per heavy atom. The molecule has 4 aromatic carbocycles. The van der Waals surface area contributed by atoms with Crippen molar-refractivity contribution in [3.05, 3.63) is 95.1 Å². The quantitative estimate of drug-likeness (QED) is 0.0834. The average Bonchev–Trinajstić information content (AvgIpc) is 2.98. The molecule has 0 heterocycles. The molecule has 0 aliphatic carbocycles. The van der Waals surface area contributed by atoms with Crippen molar-refractivity contribution in [2.45, 2.75) is 52.4 Å². The first-order valence-corrected chi connectivity index (χ1v) is 14.8. The molecule has 234 valence electrons. The largest absolute Gasteiger partial charge is 0.504 e. The first kappa shape index (κ1) is 32.2. The van der Waals surface area contributed by atoms with Crippen molar-refractivity contribution in [3.8, 4) is 46.0 Å². The summed E-state index contributed by atoms with van der Waals surface area (Å²) in [4.78, 5) is 0. The second kappa shape index (κ2) is 13.3. The van der Waals surface area contributed by atoms with Crippen LogP contribution >= 0.6 is 0 Å². The summed E-state index contributed by atoms with van der Waals surface area (Å²) < 4.78 is 0. The molecular weight excluding hydrogens is 560 g/mol. The zero-order valence-corrected chi connectivity index (χ0v) is 25.4. The van der Waals surface area contributed by atoms with Crippen LogP contribution in [0.4, 0.5) is 0 Å². The molecule has 8 N–H and O–H groups in total. The minimum atomic E-state index is -0.253. The number of hydrogen-bond acceptors (Lipinski definition) is 8. The van der Waals surface area contributed by atoms with Crippen molar-refractivity contribution < 1.29 is 40.9 Å². The fraction of sp³-hybridized carbons (Fsp3) is 0.333. The molecule has 0 bridgehead atoms. The van der Waals surface area contributed by atoms with Gasteiger partial charge in [0.2, 0.25) is 0 Å². The van der Waals surface area contributed by atoms with Crippen LogP contribution in [0.5, 0.6) is 46.0 Å². The lowest BCUT2D eigenvalue weighted by Gasteiger charge is -2.41. The van der Waals surface area contributed by atoms with Gasteiger partial charge in [-0.2, -0.15) is 0 Å². The predicted octanol–water partition coefficient (Wildman–Crippen LogP) is 7.23. The van der Waals surface area contributed by atoms with Gasteiger partial charge in [-0.1, -0.05) is 52.0 Å². The van der Waals surface area contributed by atoms with Gasteiger partial charge in [0, 0.05) is 0 Å². The van der Waals surface area contributed by atoms with Crippen molar-refractivity contribution in [3.63, 3.8) is 0 Å². The summed E-state index contributed by atoms with van der Waals surface area (Å²) in [7, 11) is 0. The number of hydrogen-bond donors (Lipinski definition) is 8. The van der Waals surface area contributed by atoms with E-state index >= 15 is 0 Å². The summed E-state index contributed by atoms with van der Waals surface area (Å²) in [6.07, 6.45) is 1.17. The first-order chi connectivity index (χ1) is 20.8. The Bertz CT molecular complexity index is 1480. The molecule has 0 aromatic heterocycles. The fourth-order valence-corrected chi connectivity index (χ4v) is 6.39. The Kier molecular flexibility index (Phi) is 9.72. The van der Waals surface area contributed by atoms with Crippen LogP contribution in [0.15, 0.2) is 72.8 Å². The highest BCUT2D eigenvalue weighted by Gasteiger charge is 2.38.